The maximum Gasteiger partial charge on any atom is 0.269 e. The molecule has 0 aliphatic rings. The molecule has 0 saturated carbocycles. The molecule has 0 radical (unpaired) electrons. The molecule has 3 heterocycles. The van der Waals surface area contributed by atoms with Gasteiger partial charge >= 0.3 is 0 Å². The number of aromatic nitrogens is 4. The third kappa shape index (κ3) is 8.73. The molecule has 0 bridgehead atoms. The van der Waals surface area contributed by atoms with E-state index in [0.717, 1.165) is 56.4 Å². The lowest BCUT2D eigenvalue weighted by molar-refractivity contribution is -0.599. The van der Waals surface area contributed by atoms with Crippen molar-refractivity contribution in [2.75, 3.05) is 0 Å². The molecule has 0 saturated heterocycles. The smallest absolute Gasteiger partial charge is 0.269 e. The van der Waals surface area contributed by atoms with Crippen molar-refractivity contribution >= 4 is 21.8 Å². The molecule has 9 rings (SSSR count). The Balaban J connectivity index is 1.22. The predicted molar refractivity (Wildman–Crippen MR) is 278 cm³/mol. The van der Waals surface area contributed by atoms with E-state index in [0.29, 0.717) is 0 Å². The van der Waals surface area contributed by atoms with Crippen LogP contribution in [0, 0.1) is 6.33 Å². The van der Waals surface area contributed by atoms with Crippen LogP contribution in [0.5, 0.6) is 11.5 Å². The lowest BCUT2D eigenvalue weighted by Gasteiger charge is -2.30. The average molecular weight is 883 g/mol. The van der Waals surface area contributed by atoms with Gasteiger partial charge in [-0.05, 0) is 110 Å². The third-order valence-corrected chi connectivity index (χ3v) is 13.9. The molecule has 0 spiro atoms. The summed E-state index contributed by atoms with van der Waals surface area (Å²) in [5.74, 6) is 2.40. The van der Waals surface area contributed by atoms with E-state index >= 15 is 0 Å². The first kappa shape index (κ1) is 45.4. The predicted octanol–water partition coefficient (Wildman–Crippen LogP) is 15.4. The SMILES string of the molecule is CC(C)(C)c1cc(Oc2ccc3c4ccccc4n(-c4cc(C(C)(C)C)ccn4)c3c2)cc(-n2[c-][n+](-c3cc(C(C)(C)C)cc(C(C)(C)c4ccccc4)c3)cc2C(C)(C)c2ccccc2)c1. The van der Waals surface area contributed by atoms with Crippen molar-refractivity contribution in [2.24, 2.45) is 0 Å². The number of hydrogen-bond acceptors (Lipinski definition) is 2. The highest BCUT2D eigenvalue weighted by molar-refractivity contribution is 6.09. The molecule has 5 nitrogen and oxygen atoms in total. The molecule has 0 aliphatic heterocycles. The van der Waals surface area contributed by atoms with Gasteiger partial charge in [-0.1, -0.05) is 175 Å². The van der Waals surface area contributed by atoms with Gasteiger partial charge in [0.05, 0.1) is 28.1 Å². The topological polar surface area (TPSA) is 35.9 Å². The lowest BCUT2D eigenvalue weighted by Crippen LogP contribution is -2.31. The minimum absolute atomic E-state index is 0.0220. The Bertz CT molecular complexity index is 3250. The molecule has 9 aromatic rings. The first-order valence-corrected chi connectivity index (χ1v) is 23.8. The zero-order valence-corrected chi connectivity index (χ0v) is 41.8. The van der Waals surface area contributed by atoms with Crippen molar-refractivity contribution in [3.05, 3.63) is 209 Å². The zero-order valence-electron chi connectivity index (χ0n) is 41.8. The number of nitrogens with zero attached hydrogens (tertiary/aromatic N) is 4. The molecule has 0 N–H and O–H groups in total. The van der Waals surface area contributed by atoms with Crippen LogP contribution in [0.1, 0.15) is 129 Å². The normalized spacial score (nSPS) is 12.9. The maximum atomic E-state index is 7.03. The van der Waals surface area contributed by atoms with E-state index in [9.17, 15) is 0 Å². The van der Waals surface area contributed by atoms with Gasteiger partial charge in [0.25, 0.3) is 6.33 Å². The van der Waals surface area contributed by atoms with Gasteiger partial charge in [-0.2, -0.15) is 0 Å². The Morgan fingerprint density at radius 1 is 0.463 bits per heavy atom. The minimum atomic E-state index is -0.397. The van der Waals surface area contributed by atoms with Gasteiger partial charge < -0.3 is 4.74 Å². The quantitative estimate of drug-likeness (QED) is 0.107. The van der Waals surface area contributed by atoms with Crippen molar-refractivity contribution in [3.63, 3.8) is 0 Å². The van der Waals surface area contributed by atoms with E-state index in [2.05, 4.69) is 268 Å². The fourth-order valence-corrected chi connectivity index (χ4v) is 9.32. The molecule has 3 aromatic heterocycles. The Morgan fingerprint density at radius 2 is 1.04 bits per heavy atom. The second kappa shape index (κ2) is 16.6. The summed E-state index contributed by atoms with van der Waals surface area (Å²) in [6, 6.07) is 54.8. The van der Waals surface area contributed by atoms with Crippen LogP contribution in [0.4, 0.5) is 0 Å². The van der Waals surface area contributed by atoms with Gasteiger partial charge in [0.15, 0.2) is 0 Å². The number of fused-ring (bicyclic) bond motifs is 3. The van der Waals surface area contributed by atoms with Crippen LogP contribution in [-0.4, -0.2) is 14.1 Å². The summed E-state index contributed by atoms with van der Waals surface area (Å²) in [5.41, 5.74) is 11.9. The van der Waals surface area contributed by atoms with Crippen LogP contribution in [0.15, 0.2) is 164 Å². The summed E-state index contributed by atoms with van der Waals surface area (Å²) in [6.07, 6.45) is 8.12. The van der Waals surface area contributed by atoms with Crippen molar-refractivity contribution in [1.29, 1.82) is 0 Å². The first-order chi connectivity index (χ1) is 31.6. The van der Waals surface area contributed by atoms with Gasteiger partial charge in [0.1, 0.15) is 17.3 Å². The summed E-state index contributed by atoms with van der Waals surface area (Å²) in [6.45, 7) is 29.7. The molecule has 0 atom stereocenters. The minimum Gasteiger partial charge on any atom is -0.458 e. The van der Waals surface area contributed by atoms with E-state index in [4.69, 9.17) is 9.72 Å². The summed E-state index contributed by atoms with van der Waals surface area (Å²) < 4.78 is 13.8. The molecule has 0 aliphatic carbocycles. The highest BCUT2D eigenvalue weighted by atomic mass is 16.5. The Morgan fingerprint density at radius 3 is 1.70 bits per heavy atom. The van der Waals surface area contributed by atoms with Crippen molar-refractivity contribution in [2.45, 2.75) is 117 Å². The highest BCUT2D eigenvalue weighted by Crippen LogP contribution is 2.40. The second-order valence-corrected chi connectivity index (χ2v) is 22.6. The molecule has 6 aromatic carbocycles. The fraction of sp³-hybridized carbons (Fsp3) is 0.290. The Hall–Kier alpha value is -6.72. The third-order valence-electron chi connectivity index (χ3n) is 13.9. The van der Waals surface area contributed by atoms with Crippen LogP contribution >= 0.6 is 0 Å². The Kier molecular flexibility index (Phi) is 11.2. The van der Waals surface area contributed by atoms with E-state index in [1.54, 1.807) is 0 Å². The maximum absolute atomic E-state index is 7.03. The molecule has 340 valence electrons. The van der Waals surface area contributed by atoms with Crippen LogP contribution in [0.3, 0.4) is 0 Å². The summed E-state index contributed by atoms with van der Waals surface area (Å²) >= 11 is 0. The number of benzene rings is 6. The lowest BCUT2D eigenvalue weighted by atomic mass is 9.75. The van der Waals surface area contributed by atoms with Crippen LogP contribution in [0.25, 0.3) is 39.0 Å². The van der Waals surface area contributed by atoms with E-state index in [1.165, 1.54) is 33.2 Å². The molecular formula is C62H66N4O. The number of imidazole rings is 1. The van der Waals surface area contributed by atoms with Gasteiger partial charge in [0.2, 0.25) is 0 Å². The molecule has 5 heteroatoms. The summed E-state index contributed by atoms with van der Waals surface area (Å²) in [4.78, 5) is 4.93. The highest BCUT2D eigenvalue weighted by Gasteiger charge is 2.31. The summed E-state index contributed by atoms with van der Waals surface area (Å²) in [7, 11) is 0. The summed E-state index contributed by atoms with van der Waals surface area (Å²) in [5, 5.41) is 2.33. The zero-order chi connectivity index (χ0) is 47.7. The Labute approximate surface area is 398 Å². The first-order valence-electron chi connectivity index (χ1n) is 23.8. The van der Waals surface area contributed by atoms with Gasteiger partial charge in [-0.25, -0.2) is 4.98 Å². The molecule has 67 heavy (non-hydrogen) atoms. The van der Waals surface area contributed by atoms with Crippen molar-refractivity contribution in [3.8, 4) is 28.7 Å². The monoisotopic (exact) mass is 883 g/mol. The molecular weight excluding hydrogens is 817 g/mol. The number of ether oxygens (including phenoxy) is 1. The van der Waals surface area contributed by atoms with Crippen molar-refractivity contribution < 1.29 is 9.30 Å². The van der Waals surface area contributed by atoms with Crippen LogP contribution in [-0.2, 0) is 27.1 Å². The van der Waals surface area contributed by atoms with E-state index in [-0.39, 0.29) is 21.7 Å². The van der Waals surface area contributed by atoms with Gasteiger partial charge in [0, 0.05) is 40.1 Å². The average Bonchev–Trinajstić information content (AvgIpc) is 3.90. The molecule has 0 fully saturated rings. The number of pyridine rings is 1. The van der Waals surface area contributed by atoms with Crippen LogP contribution < -0.4 is 9.30 Å². The second-order valence-electron chi connectivity index (χ2n) is 22.6. The van der Waals surface area contributed by atoms with E-state index in [1.807, 2.05) is 6.20 Å². The molecule has 0 amide bonds. The van der Waals surface area contributed by atoms with Gasteiger partial charge in [-0.15, -0.1) is 0 Å². The number of para-hydroxylation sites is 1. The largest absolute Gasteiger partial charge is 0.458 e. The van der Waals surface area contributed by atoms with Crippen molar-refractivity contribution in [1.82, 2.24) is 14.1 Å². The van der Waals surface area contributed by atoms with E-state index < -0.39 is 5.41 Å². The van der Waals surface area contributed by atoms with Crippen LogP contribution in [0.2, 0.25) is 0 Å². The molecule has 0 unspecified atom stereocenters. The fourth-order valence-electron chi connectivity index (χ4n) is 9.32. The number of rotatable bonds is 9. The van der Waals surface area contributed by atoms with Gasteiger partial charge in [-0.3, -0.25) is 13.7 Å². The standard InChI is InChI=1S/C62H66N4O/c1-58(2,3)44-30-31-63-57(37-44)66-54-27-21-20-26-52(54)53-29-28-50(39-55(53)66)67-51-36-46(60(7,8)9)34-49(38-51)65-41-64(40-56(65)62(12,13)43-24-18-15-19-25-43)48-33-45(59(4,5)6)32-47(35-48)61(10,11)42-22-16-14-17-23-42/h14-40H,1-13H3. The number of hydrogen-bond donors (Lipinski definition) is 0.